The highest BCUT2D eigenvalue weighted by Crippen LogP contribution is 2.28. The molecule has 0 atom stereocenters. The summed E-state index contributed by atoms with van der Waals surface area (Å²) in [5.74, 6) is -1.44. The van der Waals surface area contributed by atoms with Gasteiger partial charge in [-0.25, -0.2) is 8.78 Å². The van der Waals surface area contributed by atoms with E-state index in [2.05, 4.69) is 8.75 Å². The van der Waals surface area contributed by atoms with Crippen LogP contribution >= 0.6 is 11.7 Å². The average molecular weight is 247 g/mol. The maximum Gasteiger partial charge on any atom is 0.134 e. The van der Waals surface area contributed by atoms with Gasteiger partial charge in [-0.05, 0) is 23.8 Å². The summed E-state index contributed by atoms with van der Waals surface area (Å²) in [4.78, 5) is 0. The largest absolute Gasteiger partial charge is 0.206 e. The Morgan fingerprint density at radius 2 is 1.82 bits per heavy atom. The standard InChI is InChI=1S/C12H5F2N2S/c13-8-4-7(5-9(14)6-8)10-2-1-3-11-12(10)16-17-15-11/h1-5H. The molecule has 2 nitrogen and oxygen atoms in total. The second-order valence-corrected chi connectivity index (χ2v) is 4.03. The van der Waals surface area contributed by atoms with Gasteiger partial charge in [0.25, 0.3) is 0 Å². The van der Waals surface area contributed by atoms with Gasteiger partial charge in [0.05, 0.1) is 17.8 Å². The monoisotopic (exact) mass is 247 g/mol. The van der Waals surface area contributed by atoms with Crippen molar-refractivity contribution in [1.82, 2.24) is 8.75 Å². The number of hydrogen-bond acceptors (Lipinski definition) is 3. The van der Waals surface area contributed by atoms with Crippen molar-refractivity contribution < 1.29 is 8.78 Å². The molecule has 1 radical (unpaired) electrons. The first-order chi connectivity index (χ1) is 8.24. The molecule has 0 bridgehead atoms. The zero-order valence-corrected chi connectivity index (χ0v) is 9.26. The SMILES string of the molecule is Fc1[c]c(F)cc(-c2cccc3nsnc23)c1. The molecule has 0 unspecified atom stereocenters. The predicted molar refractivity (Wildman–Crippen MR) is 61.6 cm³/mol. The van der Waals surface area contributed by atoms with Crippen molar-refractivity contribution in [2.45, 2.75) is 0 Å². The first kappa shape index (κ1) is 10.3. The fraction of sp³-hybridized carbons (Fsp3) is 0. The molecule has 1 heterocycles. The van der Waals surface area contributed by atoms with Crippen molar-refractivity contribution in [3.05, 3.63) is 48.0 Å². The normalized spacial score (nSPS) is 10.9. The summed E-state index contributed by atoms with van der Waals surface area (Å²) in [5.41, 5.74) is 2.49. The summed E-state index contributed by atoms with van der Waals surface area (Å²) in [6, 6.07) is 9.78. The quantitative estimate of drug-likeness (QED) is 0.658. The summed E-state index contributed by atoms with van der Waals surface area (Å²) in [6.07, 6.45) is 0. The van der Waals surface area contributed by atoms with Crippen molar-refractivity contribution in [1.29, 1.82) is 0 Å². The summed E-state index contributed by atoms with van der Waals surface area (Å²) >= 11 is 1.07. The van der Waals surface area contributed by atoms with Gasteiger partial charge in [0, 0.05) is 5.56 Å². The van der Waals surface area contributed by atoms with E-state index in [1.54, 1.807) is 12.1 Å². The minimum absolute atomic E-state index is 0.442. The third-order valence-electron chi connectivity index (χ3n) is 2.40. The van der Waals surface area contributed by atoms with Crippen LogP contribution in [0, 0.1) is 17.7 Å². The van der Waals surface area contributed by atoms with Crippen molar-refractivity contribution in [2.24, 2.45) is 0 Å². The van der Waals surface area contributed by atoms with Gasteiger partial charge in [-0.3, -0.25) is 0 Å². The Morgan fingerprint density at radius 1 is 1.06 bits per heavy atom. The molecular weight excluding hydrogens is 242 g/mol. The highest BCUT2D eigenvalue weighted by molar-refractivity contribution is 7.00. The molecule has 0 spiro atoms. The van der Waals surface area contributed by atoms with E-state index in [4.69, 9.17) is 0 Å². The van der Waals surface area contributed by atoms with Gasteiger partial charge in [-0.1, -0.05) is 12.1 Å². The highest BCUT2D eigenvalue weighted by Gasteiger charge is 2.09. The van der Waals surface area contributed by atoms with Gasteiger partial charge in [-0.2, -0.15) is 8.75 Å². The second-order valence-electron chi connectivity index (χ2n) is 3.50. The zero-order valence-electron chi connectivity index (χ0n) is 8.45. The first-order valence-corrected chi connectivity index (χ1v) is 5.57. The Balaban J connectivity index is 2.30. The average Bonchev–Trinajstić information content (AvgIpc) is 2.75. The van der Waals surface area contributed by atoms with Gasteiger partial charge < -0.3 is 0 Å². The summed E-state index contributed by atoms with van der Waals surface area (Å²) < 4.78 is 34.4. The van der Waals surface area contributed by atoms with Crippen LogP contribution in [0.25, 0.3) is 22.2 Å². The molecule has 0 amide bonds. The molecule has 0 aliphatic rings. The Hall–Kier alpha value is -1.88. The third kappa shape index (κ3) is 1.78. The van der Waals surface area contributed by atoms with E-state index in [9.17, 15) is 8.78 Å². The van der Waals surface area contributed by atoms with Gasteiger partial charge >= 0.3 is 0 Å². The Kier molecular flexibility index (Phi) is 2.33. The fourth-order valence-corrected chi connectivity index (χ4v) is 2.25. The topological polar surface area (TPSA) is 25.8 Å². The first-order valence-electron chi connectivity index (χ1n) is 4.84. The number of halogens is 2. The van der Waals surface area contributed by atoms with Gasteiger partial charge in [0.15, 0.2) is 0 Å². The number of rotatable bonds is 1. The number of benzene rings is 2. The highest BCUT2D eigenvalue weighted by atomic mass is 32.1. The number of aromatic nitrogens is 2. The lowest BCUT2D eigenvalue weighted by Gasteiger charge is -2.02. The minimum atomic E-state index is -0.722. The summed E-state index contributed by atoms with van der Waals surface area (Å²) in [7, 11) is 0. The molecule has 3 aromatic rings. The minimum Gasteiger partial charge on any atom is -0.206 e. The number of nitrogens with zero attached hydrogens (tertiary/aromatic N) is 2. The van der Waals surface area contributed by atoms with E-state index in [0.29, 0.717) is 16.6 Å². The zero-order chi connectivity index (χ0) is 11.8. The lowest BCUT2D eigenvalue weighted by molar-refractivity contribution is 0.580. The molecule has 0 saturated carbocycles. The molecule has 5 heteroatoms. The molecular formula is C12H5F2N2S. The molecule has 1 aromatic heterocycles. The molecule has 0 aliphatic carbocycles. The van der Waals surface area contributed by atoms with Gasteiger partial charge in [0.1, 0.15) is 22.7 Å². The van der Waals surface area contributed by atoms with Gasteiger partial charge in [-0.15, -0.1) is 0 Å². The van der Waals surface area contributed by atoms with Crippen LogP contribution in [0.1, 0.15) is 0 Å². The lowest BCUT2D eigenvalue weighted by atomic mass is 10.0. The summed E-state index contributed by atoms with van der Waals surface area (Å²) in [6.45, 7) is 0. The van der Waals surface area contributed by atoms with E-state index >= 15 is 0 Å². The molecule has 83 valence electrons. The molecule has 2 aromatic carbocycles. The third-order valence-corrected chi connectivity index (χ3v) is 2.94. The van der Waals surface area contributed by atoms with Crippen LogP contribution in [0.2, 0.25) is 0 Å². The van der Waals surface area contributed by atoms with Crippen molar-refractivity contribution in [3.8, 4) is 11.1 Å². The number of hydrogen-bond donors (Lipinski definition) is 0. The van der Waals surface area contributed by atoms with E-state index in [-0.39, 0.29) is 0 Å². The van der Waals surface area contributed by atoms with E-state index in [0.717, 1.165) is 17.2 Å². The van der Waals surface area contributed by atoms with Crippen LogP contribution in [-0.2, 0) is 0 Å². The predicted octanol–water partition coefficient (Wildman–Crippen LogP) is 3.44. The lowest BCUT2D eigenvalue weighted by Crippen LogP contribution is -1.86. The van der Waals surface area contributed by atoms with Crippen molar-refractivity contribution in [2.75, 3.05) is 0 Å². The maximum absolute atomic E-state index is 13.1. The van der Waals surface area contributed by atoms with Crippen LogP contribution in [0.5, 0.6) is 0 Å². The molecule has 0 fully saturated rings. The second kappa shape index (κ2) is 3.85. The van der Waals surface area contributed by atoms with E-state index in [1.807, 2.05) is 12.1 Å². The molecule has 0 N–H and O–H groups in total. The van der Waals surface area contributed by atoms with Crippen LogP contribution in [-0.4, -0.2) is 8.75 Å². The summed E-state index contributed by atoms with van der Waals surface area (Å²) in [5, 5.41) is 0. The molecule has 0 aliphatic heterocycles. The van der Waals surface area contributed by atoms with Crippen LogP contribution < -0.4 is 0 Å². The Bertz CT molecular complexity index is 674. The van der Waals surface area contributed by atoms with Gasteiger partial charge in [0.2, 0.25) is 0 Å². The van der Waals surface area contributed by atoms with Crippen LogP contribution in [0.3, 0.4) is 0 Å². The van der Waals surface area contributed by atoms with Crippen molar-refractivity contribution >= 4 is 22.8 Å². The Morgan fingerprint density at radius 3 is 2.59 bits per heavy atom. The van der Waals surface area contributed by atoms with Crippen LogP contribution in [0.4, 0.5) is 8.78 Å². The molecule has 3 rings (SSSR count). The Labute approximate surface area is 99.9 Å². The van der Waals surface area contributed by atoms with E-state index < -0.39 is 11.6 Å². The van der Waals surface area contributed by atoms with Crippen LogP contribution in [0.15, 0.2) is 30.3 Å². The molecule has 17 heavy (non-hydrogen) atoms. The van der Waals surface area contributed by atoms with Crippen molar-refractivity contribution in [3.63, 3.8) is 0 Å². The number of fused-ring (bicyclic) bond motifs is 1. The fourth-order valence-electron chi connectivity index (χ4n) is 1.70. The maximum atomic E-state index is 13.1. The molecule has 0 saturated heterocycles. The smallest absolute Gasteiger partial charge is 0.134 e. The van der Waals surface area contributed by atoms with E-state index in [1.165, 1.54) is 12.1 Å².